The van der Waals surface area contributed by atoms with E-state index in [1.54, 1.807) is 18.2 Å². The van der Waals surface area contributed by atoms with Crippen LogP contribution < -0.4 is 0 Å². The largest absolute Gasteiger partial charge is 0.457 e. The van der Waals surface area contributed by atoms with E-state index in [9.17, 15) is 40.5 Å². The number of carbonyl (C=O) groups is 1. The summed E-state index contributed by atoms with van der Waals surface area (Å²) in [5.41, 5.74) is 0. The topological polar surface area (TPSA) is 196 Å². The summed E-state index contributed by atoms with van der Waals surface area (Å²) < 4.78 is 21.5. The number of ether oxygens (including phenoxy) is 4. The Morgan fingerprint density at radius 2 is 1.26 bits per heavy atom. The number of aliphatic hydroxyl groups is 7. The minimum absolute atomic E-state index is 0.730. The molecule has 46 heavy (non-hydrogen) atoms. The number of allylic oxidation sites excluding steroid dienone is 11. The summed E-state index contributed by atoms with van der Waals surface area (Å²) in [4.78, 5) is 12.3. The Bertz CT molecular complexity index is 1040. The second-order valence-electron chi connectivity index (χ2n) is 11.2. The molecule has 0 aromatic rings. The second kappa shape index (κ2) is 22.1. The van der Waals surface area contributed by atoms with Crippen molar-refractivity contribution in [2.75, 3.05) is 19.8 Å². The molecule has 7 N–H and O–H groups in total. The van der Waals surface area contributed by atoms with Crippen molar-refractivity contribution < 1.29 is 59.5 Å². The maximum absolute atomic E-state index is 12.3. The lowest BCUT2D eigenvalue weighted by molar-refractivity contribution is -0.383. The van der Waals surface area contributed by atoms with Gasteiger partial charge in [-0.2, -0.15) is 0 Å². The maximum atomic E-state index is 12.3. The summed E-state index contributed by atoms with van der Waals surface area (Å²) in [6.07, 6.45) is 18.1. The van der Waals surface area contributed by atoms with E-state index in [1.165, 1.54) is 51.0 Å². The van der Waals surface area contributed by atoms with Gasteiger partial charge < -0.3 is 54.7 Å². The molecule has 2 aliphatic rings. The van der Waals surface area contributed by atoms with Crippen molar-refractivity contribution >= 4 is 5.97 Å². The lowest BCUT2D eigenvalue weighted by Crippen LogP contribution is -2.62. The Hall–Kier alpha value is -2.49. The van der Waals surface area contributed by atoms with Gasteiger partial charge in [-0.3, -0.25) is 0 Å². The molecule has 0 spiro atoms. The molecule has 0 aromatic carbocycles. The van der Waals surface area contributed by atoms with Gasteiger partial charge in [0.1, 0.15) is 49.3 Å². The molecule has 2 rings (SSSR count). The van der Waals surface area contributed by atoms with Crippen LogP contribution in [0.5, 0.6) is 0 Å². The molecule has 9 atom stereocenters. The lowest BCUT2D eigenvalue weighted by atomic mass is 9.99. The van der Waals surface area contributed by atoms with E-state index in [0.717, 1.165) is 12.5 Å². The first kappa shape index (κ1) is 39.7. The van der Waals surface area contributed by atoms with Crippen molar-refractivity contribution in [3.63, 3.8) is 0 Å². The molecule has 0 amide bonds. The van der Waals surface area contributed by atoms with Crippen LogP contribution in [0.25, 0.3) is 0 Å². The highest BCUT2D eigenvalue weighted by molar-refractivity contribution is 5.82. The second-order valence-corrected chi connectivity index (χ2v) is 11.2. The van der Waals surface area contributed by atoms with Crippen LogP contribution in [-0.2, 0) is 23.7 Å². The van der Waals surface area contributed by atoms with E-state index in [1.807, 2.05) is 36.5 Å². The molecule has 0 bridgehead atoms. The van der Waals surface area contributed by atoms with Gasteiger partial charge in [-0.25, -0.2) is 4.79 Å². The van der Waals surface area contributed by atoms with E-state index < -0.39 is 80.6 Å². The number of aliphatic hydroxyl groups excluding tert-OH is 7. The minimum atomic E-state index is -2.33. The Labute approximate surface area is 271 Å². The highest BCUT2D eigenvalue weighted by atomic mass is 16.8. The number of unbranched alkanes of at least 4 members (excludes halogenated alkanes) is 7. The van der Waals surface area contributed by atoms with Gasteiger partial charge in [0.25, 0.3) is 0 Å². The lowest BCUT2D eigenvalue weighted by Gasteiger charge is -2.43. The summed E-state index contributed by atoms with van der Waals surface area (Å²) in [7, 11) is 0. The molecule has 2 aliphatic heterocycles. The first-order valence-corrected chi connectivity index (χ1v) is 16.0. The van der Waals surface area contributed by atoms with Crippen LogP contribution in [0.3, 0.4) is 0 Å². The molecule has 0 aromatic heterocycles. The number of hydrogen-bond donors (Lipinski definition) is 7. The van der Waals surface area contributed by atoms with E-state index >= 15 is 0 Å². The van der Waals surface area contributed by atoms with Gasteiger partial charge in [-0.1, -0.05) is 112 Å². The fourth-order valence-electron chi connectivity index (χ4n) is 4.88. The third-order valence-electron chi connectivity index (χ3n) is 7.61. The normalized spacial score (nSPS) is 32.4. The van der Waals surface area contributed by atoms with E-state index in [-0.39, 0.29) is 0 Å². The fraction of sp³-hybridized carbons (Fsp3) is 0.618. The third kappa shape index (κ3) is 13.0. The molecule has 260 valence electrons. The third-order valence-corrected chi connectivity index (χ3v) is 7.61. The van der Waals surface area contributed by atoms with Crippen LogP contribution in [-0.4, -0.2) is 116 Å². The summed E-state index contributed by atoms with van der Waals surface area (Å²) in [6, 6.07) is 0. The number of esters is 1. The van der Waals surface area contributed by atoms with Crippen molar-refractivity contribution in [3.8, 4) is 0 Å². The van der Waals surface area contributed by atoms with Crippen molar-refractivity contribution in [2.24, 2.45) is 0 Å². The summed E-state index contributed by atoms with van der Waals surface area (Å²) in [5.74, 6) is -3.19. The molecule has 12 nitrogen and oxygen atoms in total. The zero-order valence-electron chi connectivity index (χ0n) is 26.5. The Morgan fingerprint density at radius 3 is 1.85 bits per heavy atom. The average molecular weight is 653 g/mol. The summed E-state index contributed by atoms with van der Waals surface area (Å²) in [6.45, 7) is -0.0503. The van der Waals surface area contributed by atoms with Crippen molar-refractivity contribution in [2.45, 2.75) is 113 Å². The molecule has 0 unspecified atom stereocenters. The van der Waals surface area contributed by atoms with Crippen LogP contribution in [0.2, 0.25) is 0 Å². The highest BCUT2D eigenvalue weighted by Crippen LogP contribution is 2.36. The first-order valence-electron chi connectivity index (χ1n) is 16.0. The smallest absolute Gasteiger partial charge is 0.330 e. The predicted octanol–water partition coefficient (Wildman–Crippen LogP) is 1.63. The SMILES string of the molecule is CCCCCCCCCC=CC=CC=CC=CC=CC=CC(=O)OC[C@@]1(O[C@H]2O[C@H](CO)[C@@H](O)[C@H](O)[C@H]2O)O[C@H](CO)[C@@H](O)[C@@H]1O. The van der Waals surface area contributed by atoms with Gasteiger partial charge in [0.15, 0.2) is 6.29 Å². The van der Waals surface area contributed by atoms with Gasteiger partial charge in [-0.05, 0) is 12.8 Å². The monoisotopic (exact) mass is 652 g/mol. The van der Waals surface area contributed by atoms with E-state index in [0.29, 0.717) is 0 Å². The van der Waals surface area contributed by atoms with Crippen LogP contribution in [0.15, 0.2) is 72.9 Å². The van der Waals surface area contributed by atoms with Crippen LogP contribution in [0.4, 0.5) is 0 Å². The number of hydrogen-bond acceptors (Lipinski definition) is 12. The molecule has 2 fully saturated rings. The zero-order valence-corrected chi connectivity index (χ0v) is 26.5. The van der Waals surface area contributed by atoms with Gasteiger partial charge in [-0.15, -0.1) is 0 Å². The van der Waals surface area contributed by atoms with Crippen LogP contribution >= 0.6 is 0 Å². The maximum Gasteiger partial charge on any atom is 0.330 e. The summed E-state index contributed by atoms with van der Waals surface area (Å²) in [5, 5.41) is 70.3. The van der Waals surface area contributed by atoms with Crippen LogP contribution in [0, 0.1) is 0 Å². The first-order chi connectivity index (χ1) is 22.2. The predicted molar refractivity (Wildman–Crippen MR) is 170 cm³/mol. The van der Waals surface area contributed by atoms with Gasteiger partial charge >= 0.3 is 5.97 Å². The standard InChI is InChI=1S/C34H52O12/c1-2-3-4-5-6-7-8-9-10-11-12-13-14-15-16-17-18-19-20-21-27(37)43-24-34(32(42)29(39)26(23-36)45-34)46-33-31(41)30(40)28(38)25(22-35)44-33/h10-21,25-26,28-33,35-36,38-42H,2-9,22-24H2,1H3/t25-,26-,28-,29-,30+,31-,32+,33-,34+/m1/s1. The molecule has 0 aliphatic carbocycles. The van der Waals surface area contributed by atoms with Gasteiger partial charge in [0, 0.05) is 6.08 Å². The molecule has 2 saturated heterocycles. The Balaban J connectivity index is 1.80. The average Bonchev–Trinajstić information content (AvgIpc) is 3.29. The van der Waals surface area contributed by atoms with Crippen molar-refractivity contribution in [3.05, 3.63) is 72.9 Å². The fourth-order valence-corrected chi connectivity index (χ4v) is 4.88. The summed E-state index contributed by atoms with van der Waals surface area (Å²) >= 11 is 0. The minimum Gasteiger partial charge on any atom is -0.457 e. The molecule has 0 saturated carbocycles. The zero-order chi connectivity index (χ0) is 33.8. The van der Waals surface area contributed by atoms with Crippen molar-refractivity contribution in [1.82, 2.24) is 0 Å². The highest BCUT2D eigenvalue weighted by Gasteiger charge is 2.59. The molecule has 12 heteroatoms. The number of rotatable bonds is 20. The molecular formula is C34H52O12. The van der Waals surface area contributed by atoms with E-state index in [4.69, 9.17) is 18.9 Å². The molecule has 2 heterocycles. The van der Waals surface area contributed by atoms with Gasteiger partial charge in [0.2, 0.25) is 5.79 Å². The Kier molecular flexibility index (Phi) is 19.1. The van der Waals surface area contributed by atoms with E-state index in [2.05, 4.69) is 13.0 Å². The Morgan fingerprint density at radius 1 is 0.696 bits per heavy atom. The quantitative estimate of drug-likeness (QED) is 0.0435. The van der Waals surface area contributed by atoms with Crippen molar-refractivity contribution in [1.29, 1.82) is 0 Å². The van der Waals surface area contributed by atoms with Crippen LogP contribution in [0.1, 0.15) is 58.3 Å². The molecular weight excluding hydrogens is 600 g/mol. The number of carbonyl (C=O) groups excluding carboxylic acids is 1. The molecule has 0 radical (unpaired) electrons. The van der Waals surface area contributed by atoms with Gasteiger partial charge in [0.05, 0.1) is 13.2 Å².